The number of hydrogen-bond acceptors (Lipinski definition) is 3. The number of nitrogens with zero attached hydrogens (tertiary/aromatic N) is 3. The van der Waals surface area contributed by atoms with Crippen molar-refractivity contribution in [3.05, 3.63) is 47.3 Å². The van der Waals surface area contributed by atoms with Crippen LogP contribution in [0.25, 0.3) is 0 Å². The van der Waals surface area contributed by atoms with Gasteiger partial charge in [-0.3, -0.25) is 9.48 Å². The van der Waals surface area contributed by atoms with E-state index in [0.29, 0.717) is 12.1 Å². The van der Waals surface area contributed by atoms with Crippen molar-refractivity contribution in [2.45, 2.75) is 13.3 Å². The largest absolute Gasteiger partial charge is 0.378 e. The second-order valence-corrected chi connectivity index (χ2v) is 5.35. The van der Waals surface area contributed by atoms with Crippen LogP contribution in [-0.4, -0.2) is 36.3 Å². The van der Waals surface area contributed by atoms with E-state index in [0.717, 1.165) is 23.5 Å². The summed E-state index contributed by atoms with van der Waals surface area (Å²) in [5.41, 5.74) is 3.81. The van der Waals surface area contributed by atoms with Crippen molar-refractivity contribution in [1.82, 2.24) is 15.1 Å². The lowest BCUT2D eigenvalue weighted by atomic mass is 10.1. The molecule has 1 heterocycles. The highest BCUT2D eigenvalue weighted by Gasteiger charge is 2.07. The van der Waals surface area contributed by atoms with Gasteiger partial charge in [-0.15, -0.1) is 0 Å². The van der Waals surface area contributed by atoms with Crippen LogP contribution in [0.4, 0.5) is 5.69 Å². The molecule has 0 spiro atoms. The topological polar surface area (TPSA) is 50.2 Å². The standard InChI is InChI=1S/C16H22N4O/c1-12-10-14(18-20(12)4)8-9-17-16(21)13-6-5-7-15(11-13)19(2)3/h5-7,10-11H,8-9H2,1-4H3,(H,17,21). The number of anilines is 1. The van der Waals surface area contributed by atoms with Gasteiger partial charge >= 0.3 is 0 Å². The fourth-order valence-corrected chi connectivity index (χ4v) is 2.09. The molecule has 1 N–H and O–H groups in total. The molecule has 0 saturated carbocycles. The molecule has 1 amide bonds. The first-order valence-electron chi connectivity index (χ1n) is 7.02. The number of carbonyl (C=O) groups excluding carboxylic acids is 1. The zero-order chi connectivity index (χ0) is 15.4. The van der Waals surface area contributed by atoms with Crippen molar-refractivity contribution in [3.63, 3.8) is 0 Å². The molecule has 0 radical (unpaired) electrons. The Balaban J connectivity index is 1.91. The maximum atomic E-state index is 12.1. The van der Waals surface area contributed by atoms with Crippen molar-refractivity contribution >= 4 is 11.6 Å². The van der Waals surface area contributed by atoms with Crippen LogP contribution in [0.2, 0.25) is 0 Å². The highest BCUT2D eigenvalue weighted by molar-refractivity contribution is 5.95. The van der Waals surface area contributed by atoms with Crippen LogP contribution in [0, 0.1) is 6.92 Å². The average Bonchev–Trinajstić information content (AvgIpc) is 2.77. The van der Waals surface area contributed by atoms with Crippen molar-refractivity contribution in [1.29, 1.82) is 0 Å². The normalized spacial score (nSPS) is 10.5. The minimum Gasteiger partial charge on any atom is -0.378 e. The van der Waals surface area contributed by atoms with E-state index in [2.05, 4.69) is 10.4 Å². The Morgan fingerprint density at radius 1 is 1.33 bits per heavy atom. The average molecular weight is 286 g/mol. The van der Waals surface area contributed by atoms with Gasteiger partial charge in [0.05, 0.1) is 5.69 Å². The molecule has 0 saturated heterocycles. The molecule has 0 bridgehead atoms. The lowest BCUT2D eigenvalue weighted by molar-refractivity contribution is 0.0954. The molecule has 0 atom stereocenters. The number of nitrogens with one attached hydrogen (secondary N) is 1. The molecule has 0 aliphatic carbocycles. The minimum absolute atomic E-state index is 0.0497. The van der Waals surface area contributed by atoms with Crippen LogP contribution >= 0.6 is 0 Å². The Kier molecular flexibility index (Phi) is 4.62. The molecule has 0 aliphatic heterocycles. The second kappa shape index (κ2) is 6.43. The van der Waals surface area contributed by atoms with Gasteiger partial charge in [0.15, 0.2) is 0 Å². The van der Waals surface area contributed by atoms with Gasteiger partial charge in [0.1, 0.15) is 0 Å². The monoisotopic (exact) mass is 286 g/mol. The maximum Gasteiger partial charge on any atom is 0.251 e. The molecule has 5 nitrogen and oxygen atoms in total. The van der Waals surface area contributed by atoms with Crippen LogP contribution in [0.5, 0.6) is 0 Å². The van der Waals surface area contributed by atoms with Gasteiger partial charge in [-0.2, -0.15) is 5.10 Å². The first-order valence-corrected chi connectivity index (χ1v) is 7.02. The summed E-state index contributed by atoms with van der Waals surface area (Å²) in [7, 11) is 5.84. The Hall–Kier alpha value is -2.30. The van der Waals surface area contributed by atoms with Crippen molar-refractivity contribution in [2.24, 2.45) is 7.05 Å². The van der Waals surface area contributed by atoms with Crippen LogP contribution < -0.4 is 10.2 Å². The first-order chi connectivity index (χ1) is 9.97. The van der Waals surface area contributed by atoms with Crippen LogP contribution in [0.15, 0.2) is 30.3 Å². The smallest absolute Gasteiger partial charge is 0.251 e. The van der Waals surface area contributed by atoms with Gasteiger partial charge in [-0.05, 0) is 31.2 Å². The molecule has 1 aromatic carbocycles. The van der Waals surface area contributed by atoms with Gasteiger partial charge in [-0.25, -0.2) is 0 Å². The number of aryl methyl sites for hydroxylation is 2. The third-order valence-electron chi connectivity index (χ3n) is 3.46. The van der Waals surface area contributed by atoms with Gasteiger partial charge in [0, 0.05) is 51.1 Å². The zero-order valence-electron chi connectivity index (χ0n) is 13.1. The van der Waals surface area contributed by atoms with E-state index in [-0.39, 0.29) is 5.91 Å². The highest BCUT2D eigenvalue weighted by Crippen LogP contribution is 2.13. The Labute approximate surface area is 125 Å². The summed E-state index contributed by atoms with van der Waals surface area (Å²) < 4.78 is 1.84. The number of hydrogen-bond donors (Lipinski definition) is 1. The molecule has 1 aromatic heterocycles. The van der Waals surface area contributed by atoms with Crippen LogP contribution in [0.3, 0.4) is 0 Å². The number of benzene rings is 1. The van der Waals surface area contributed by atoms with E-state index in [1.165, 1.54) is 0 Å². The summed E-state index contributed by atoms with van der Waals surface area (Å²) in [5, 5.41) is 7.31. The SMILES string of the molecule is Cc1cc(CCNC(=O)c2cccc(N(C)C)c2)nn1C. The van der Waals surface area contributed by atoms with E-state index in [4.69, 9.17) is 0 Å². The first kappa shape index (κ1) is 15.1. The maximum absolute atomic E-state index is 12.1. The zero-order valence-corrected chi connectivity index (χ0v) is 13.1. The molecular weight excluding hydrogens is 264 g/mol. The fourth-order valence-electron chi connectivity index (χ4n) is 2.09. The molecule has 5 heteroatoms. The Morgan fingerprint density at radius 3 is 2.71 bits per heavy atom. The predicted octanol–water partition coefficient (Wildman–Crippen LogP) is 1.77. The van der Waals surface area contributed by atoms with Crippen LogP contribution in [-0.2, 0) is 13.5 Å². The van der Waals surface area contributed by atoms with E-state index >= 15 is 0 Å². The van der Waals surface area contributed by atoms with E-state index in [1.54, 1.807) is 0 Å². The highest BCUT2D eigenvalue weighted by atomic mass is 16.1. The van der Waals surface area contributed by atoms with Gasteiger partial charge < -0.3 is 10.2 Å². The third-order valence-corrected chi connectivity index (χ3v) is 3.46. The summed E-state index contributed by atoms with van der Waals surface area (Å²) in [5.74, 6) is -0.0497. The molecular formula is C16H22N4O. The summed E-state index contributed by atoms with van der Waals surface area (Å²) in [6.45, 7) is 2.60. The van der Waals surface area contributed by atoms with Crippen LogP contribution in [0.1, 0.15) is 21.7 Å². The number of carbonyl (C=O) groups is 1. The summed E-state index contributed by atoms with van der Waals surface area (Å²) in [4.78, 5) is 14.1. The minimum atomic E-state index is -0.0497. The van der Waals surface area contributed by atoms with Gasteiger partial charge in [0.25, 0.3) is 5.91 Å². The molecule has 2 rings (SSSR count). The summed E-state index contributed by atoms with van der Waals surface area (Å²) >= 11 is 0. The van der Waals surface area contributed by atoms with Gasteiger partial charge in [0.2, 0.25) is 0 Å². The lowest BCUT2D eigenvalue weighted by Crippen LogP contribution is -2.26. The predicted molar refractivity (Wildman–Crippen MR) is 84.8 cm³/mol. The molecule has 112 valence electrons. The number of amides is 1. The molecule has 0 aliphatic rings. The number of rotatable bonds is 5. The fraction of sp³-hybridized carbons (Fsp3) is 0.375. The second-order valence-electron chi connectivity index (χ2n) is 5.35. The quantitative estimate of drug-likeness (QED) is 0.911. The van der Waals surface area contributed by atoms with E-state index < -0.39 is 0 Å². The van der Waals surface area contributed by atoms with E-state index in [1.807, 2.05) is 68.0 Å². The Morgan fingerprint density at radius 2 is 2.10 bits per heavy atom. The molecule has 21 heavy (non-hydrogen) atoms. The Bertz CT molecular complexity index is 611. The molecule has 2 aromatic rings. The summed E-state index contributed by atoms with van der Waals surface area (Å²) in [6.07, 6.45) is 0.737. The van der Waals surface area contributed by atoms with Gasteiger partial charge in [-0.1, -0.05) is 6.07 Å². The molecule has 0 fully saturated rings. The van der Waals surface area contributed by atoms with Crippen molar-refractivity contribution in [2.75, 3.05) is 25.5 Å². The van der Waals surface area contributed by atoms with Crippen molar-refractivity contribution in [3.8, 4) is 0 Å². The summed E-state index contributed by atoms with van der Waals surface area (Å²) in [6, 6.07) is 9.63. The van der Waals surface area contributed by atoms with Crippen molar-refractivity contribution < 1.29 is 4.79 Å². The third kappa shape index (κ3) is 3.84. The molecule has 0 unspecified atom stereocenters. The lowest BCUT2D eigenvalue weighted by Gasteiger charge is -2.13. The number of aromatic nitrogens is 2. The van der Waals surface area contributed by atoms with E-state index in [9.17, 15) is 4.79 Å².